The Morgan fingerprint density at radius 3 is 2.65 bits per heavy atom. The zero-order chi connectivity index (χ0) is 18.9. The molecule has 4 nitrogen and oxygen atoms in total. The van der Waals surface area contributed by atoms with E-state index in [1.54, 1.807) is 0 Å². The van der Waals surface area contributed by atoms with Crippen molar-refractivity contribution in [1.29, 1.82) is 0 Å². The van der Waals surface area contributed by atoms with Gasteiger partial charge in [0.15, 0.2) is 0 Å². The van der Waals surface area contributed by atoms with Crippen LogP contribution in [0.25, 0.3) is 11.3 Å². The molecule has 26 heavy (non-hydrogen) atoms. The van der Waals surface area contributed by atoms with Crippen LogP contribution in [0.4, 0.5) is 17.6 Å². The number of halogens is 4. The molecule has 0 aliphatic carbocycles. The third-order valence-electron chi connectivity index (χ3n) is 4.31. The molecule has 8 heteroatoms. The smallest absolute Gasteiger partial charge is 0.398 e. The van der Waals surface area contributed by atoms with E-state index in [2.05, 4.69) is 10.3 Å². The van der Waals surface area contributed by atoms with Crippen LogP contribution < -0.4 is 10.1 Å². The summed E-state index contributed by atoms with van der Waals surface area (Å²) in [7, 11) is 0. The summed E-state index contributed by atoms with van der Waals surface area (Å²) in [5.74, 6) is -2.10. The number of rotatable bonds is 5. The molecule has 1 aliphatic heterocycles. The molecule has 1 aliphatic rings. The van der Waals surface area contributed by atoms with Gasteiger partial charge in [-0.2, -0.15) is 13.2 Å². The van der Waals surface area contributed by atoms with Crippen molar-refractivity contribution in [2.24, 2.45) is 0 Å². The number of carbonyl (C=O) groups is 1. The molecule has 2 aromatic rings. The maximum Gasteiger partial charge on any atom is 0.398 e. The first-order valence-corrected chi connectivity index (χ1v) is 7.98. The molecule has 0 fully saturated rings. The lowest BCUT2D eigenvalue weighted by molar-refractivity contribution is -0.150. The summed E-state index contributed by atoms with van der Waals surface area (Å²) in [6.45, 7) is 1.56. The Morgan fingerprint density at radius 2 is 2.04 bits per heavy atom. The van der Waals surface area contributed by atoms with Crippen LogP contribution in [-0.4, -0.2) is 30.7 Å². The van der Waals surface area contributed by atoms with Crippen LogP contribution in [0.1, 0.15) is 30.0 Å². The number of hydrogen-bond acceptors (Lipinski definition) is 3. The van der Waals surface area contributed by atoms with Crippen LogP contribution in [0.5, 0.6) is 5.75 Å². The van der Waals surface area contributed by atoms with Crippen LogP contribution >= 0.6 is 0 Å². The fourth-order valence-electron chi connectivity index (χ4n) is 2.93. The molecule has 0 radical (unpaired) electrons. The minimum absolute atomic E-state index is 0.0983. The largest absolute Gasteiger partial charge is 0.490 e. The van der Waals surface area contributed by atoms with Gasteiger partial charge < -0.3 is 10.1 Å². The first kappa shape index (κ1) is 18.2. The molecular weight excluding hydrogens is 352 g/mol. The normalized spacial score (nSPS) is 17.3. The SMILES string of the molecule is CC1COc2c1cc(C(CNC=O)C(F)(F)F)nc2-c1ccc(F)cc1. The Labute approximate surface area is 147 Å². The average molecular weight is 368 g/mol. The first-order valence-electron chi connectivity index (χ1n) is 7.98. The number of nitrogens with zero attached hydrogens (tertiary/aromatic N) is 1. The van der Waals surface area contributed by atoms with Crippen molar-refractivity contribution in [1.82, 2.24) is 10.3 Å². The van der Waals surface area contributed by atoms with Gasteiger partial charge in [0.25, 0.3) is 0 Å². The first-order chi connectivity index (χ1) is 12.3. The Balaban J connectivity index is 2.14. The van der Waals surface area contributed by atoms with Crippen LogP contribution in [-0.2, 0) is 4.79 Å². The fourth-order valence-corrected chi connectivity index (χ4v) is 2.93. The number of aromatic nitrogens is 1. The monoisotopic (exact) mass is 368 g/mol. The van der Waals surface area contributed by atoms with Crippen molar-refractivity contribution >= 4 is 6.41 Å². The second-order valence-electron chi connectivity index (χ2n) is 6.15. The van der Waals surface area contributed by atoms with Crippen molar-refractivity contribution in [3.63, 3.8) is 0 Å². The number of fused-ring (bicyclic) bond motifs is 1. The topological polar surface area (TPSA) is 51.2 Å². The van der Waals surface area contributed by atoms with E-state index in [4.69, 9.17) is 4.74 Å². The van der Waals surface area contributed by atoms with Gasteiger partial charge in [-0.05, 0) is 30.3 Å². The Kier molecular flexibility index (Phi) is 4.84. The quantitative estimate of drug-likeness (QED) is 0.646. The van der Waals surface area contributed by atoms with Gasteiger partial charge >= 0.3 is 6.18 Å². The Morgan fingerprint density at radius 1 is 1.35 bits per heavy atom. The molecule has 138 valence electrons. The van der Waals surface area contributed by atoms with Crippen molar-refractivity contribution in [3.8, 4) is 17.0 Å². The van der Waals surface area contributed by atoms with Gasteiger partial charge in [-0.3, -0.25) is 4.79 Å². The summed E-state index contributed by atoms with van der Waals surface area (Å²) in [4.78, 5) is 14.6. The summed E-state index contributed by atoms with van der Waals surface area (Å²) in [5, 5.41) is 2.08. The number of hydrogen-bond donors (Lipinski definition) is 1. The molecule has 0 saturated carbocycles. The van der Waals surface area contributed by atoms with Crippen molar-refractivity contribution in [2.75, 3.05) is 13.2 Å². The van der Waals surface area contributed by atoms with E-state index in [9.17, 15) is 22.4 Å². The van der Waals surface area contributed by atoms with Gasteiger partial charge in [-0.25, -0.2) is 9.37 Å². The highest BCUT2D eigenvalue weighted by Gasteiger charge is 2.42. The third-order valence-corrected chi connectivity index (χ3v) is 4.31. The van der Waals surface area contributed by atoms with Crippen LogP contribution in [0.3, 0.4) is 0 Å². The molecule has 1 aromatic heterocycles. The molecule has 2 unspecified atom stereocenters. The van der Waals surface area contributed by atoms with Crippen molar-refractivity contribution < 1.29 is 27.1 Å². The highest BCUT2D eigenvalue weighted by atomic mass is 19.4. The molecule has 2 heterocycles. The zero-order valence-electron chi connectivity index (χ0n) is 13.8. The molecule has 1 amide bonds. The maximum atomic E-state index is 13.5. The van der Waals surface area contributed by atoms with Gasteiger partial charge in [-0.1, -0.05) is 6.92 Å². The second kappa shape index (κ2) is 6.93. The van der Waals surface area contributed by atoms with E-state index in [0.717, 1.165) is 0 Å². The van der Waals surface area contributed by atoms with Crippen molar-refractivity contribution in [3.05, 3.63) is 47.4 Å². The molecule has 2 atom stereocenters. The molecule has 0 spiro atoms. The summed E-state index contributed by atoms with van der Waals surface area (Å²) >= 11 is 0. The number of nitrogens with one attached hydrogen (secondary N) is 1. The number of pyridine rings is 1. The van der Waals surface area contributed by atoms with Crippen LogP contribution in [0, 0.1) is 5.82 Å². The van der Waals surface area contributed by atoms with E-state index in [-0.39, 0.29) is 23.7 Å². The number of ether oxygens (including phenoxy) is 1. The molecule has 1 aromatic carbocycles. The van der Waals surface area contributed by atoms with Gasteiger partial charge in [0.1, 0.15) is 23.2 Å². The fraction of sp³-hybridized carbons (Fsp3) is 0.333. The minimum atomic E-state index is -4.58. The van der Waals surface area contributed by atoms with E-state index < -0.39 is 24.5 Å². The lowest BCUT2D eigenvalue weighted by atomic mass is 9.95. The van der Waals surface area contributed by atoms with Crippen molar-refractivity contribution in [2.45, 2.75) is 24.9 Å². The highest BCUT2D eigenvalue weighted by molar-refractivity contribution is 5.70. The number of amides is 1. The molecule has 0 bridgehead atoms. The lowest BCUT2D eigenvalue weighted by Gasteiger charge is -2.21. The Bertz CT molecular complexity index is 806. The predicted molar refractivity (Wildman–Crippen MR) is 86.4 cm³/mol. The highest BCUT2D eigenvalue weighted by Crippen LogP contribution is 2.44. The molecule has 1 N–H and O–H groups in total. The molecule has 0 saturated heterocycles. The van der Waals surface area contributed by atoms with E-state index >= 15 is 0 Å². The second-order valence-corrected chi connectivity index (χ2v) is 6.15. The molecular formula is C18H16F4N2O2. The van der Waals surface area contributed by atoms with Gasteiger partial charge in [0, 0.05) is 23.6 Å². The lowest BCUT2D eigenvalue weighted by Crippen LogP contribution is -2.32. The van der Waals surface area contributed by atoms with E-state index in [0.29, 0.717) is 23.5 Å². The number of alkyl halides is 3. The van der Waals surface area contributed by atoms with Crippen LogP contribution in [0.15, 0.2) is 30.3 Å². The number of benzene rings is 1. The summed E-state index contributed by atoms with van der Waals surface area (Å²) in [6.07, 6.45) is -4.36. The zero-order valence-corrected chi connectivity index (χ0v) is 13.8. The third kappa shape index (κ3) is 3.49. The summed E-state index contributed by atoms with van der Waals surface area (Å²) in [5.41, 5.74) is 1.11. The minimum Gasteiger partial charge on any atom is -0.490 e. The maximum absolute atomic E-state index is 13.5. The standard InChI is InChI=1S/C18H16F4N2O2/c1-10-8-26-17-13(10)6-15(14(7-23-9-25)18(20,21)22)24-16(17)11-2-4-12(19)5-3-11/h2-6,9-10,14H,7-8H2,1H3,(H,23,25). The van der Waals surface area contributed by atoms with Gasteiger partial charge in [-0.15, -0.1) is 0 Å². The van der Waals surface area contributed by atoms with Crippen LogP contribution in [0.2, 0.25) is 0 Å². The van der Waals surface area contributed by atoms with E-state index in [1.807, 2.05) is 6.92 Å². The predicted octanol–water partition coefficient (Wildman–Crippen LogP) is 3.78. The summed E-state index contributed by atoms with van der Waals surface area (Å²) in [6, 6.07) is 6.69. The summed E-state index contributed by atoms with van der Waals surface area (Å²) < 4.78 is 59.3. The van der Waals surface area contributed by atoms with Gasteiger partial charge in [0.05, 0.1) is 12.3 Å². The van der Waals surface area contributed by atoms with E-state index in [1.165, 1.54) is 30.3 Å². The van der Waals surface area contributed by atoms with Gasteiger partial charge in [0.2, 0.25) is 6.41 Å². The number of carbonyl (C=O) groups excluding carboxylic acids is 1. The average Bonchev–Trinajstić information content (AvgIpc) is 2.95. The Hall–Kier alpha value is -2.64. The molecule has 3 rings (SSSR count).